The fourth-order valence-electron chi connectivity index (χ4n) is 1.48. The number of hydrogen-bond donors (Lipinski definition) is 3. The number of benzene rings is 1. The maximum atomic E-state index is 12.2. The van der Waals surface area contributed by atoms with Gasteiger partial charge in [-0.1, -0.05) is 11.6 Å². The van der Waals surface area contributed by atoms with E-state index in [2.05, 4.69) is 54.2 Å². The summed E-state index contributed by atoms with van der Waals surface area (Å²) in [5, 5.41) is 2.98. The normalized spacial score (nSPS) is 10.2. The Balaban J connectivity index is 2.23. The predicted molar refractivity (Wildman–Crippen MR) is 91.9 cm³/mol. The summed E-state index contributed by atoms with van der Waals surface area (Å²) < 4.78 is 1.97. The van der Waals surface area contributed by atoms with E-state index in [9.17, 15) is 4.79 Å². The maximum absolute atomic E-state index is 12.2. The van der Waals surface area contributed by atoms with Gasteiger partial charge in [-0.3, -0.25) is 4.79 Å². The second-order valence-electron chi connectivity index (χ2n) is 3.79. The van der Waals surface area contributed by atoms with Crippen molar-refractivity contribution in [2.75, 3.05) is 10.7 Å². The highest BCUT2D eigenvalue weighted by atomic mass is 127. The molecule has 0 aliphatic carbocycles. The van der Waals surface area contributed by atoms with Crippen molar-refractivity contribution in [3.63, 3.8) is 0 Å². The number of carbonyl (C=O) groups excluding carboxylic acids is 1. The van der Waals surface area contributed by atoms with E-state index in [0.717, 1.165) is 8.04 Å². The highest BCUT2D eigenvalue weighted by Crippen LogP contribution is 2.23. The number of carbonyl (C=O) groups is 1. The van der Waals surface area contributed by atoms with Gasteiger partial charge in [0.05, 0.1) is 0 Å². The lowest BCUT2D eigenvalue weighted by atomic mass is 10.2. The first kappa shape index (κ1) is 15.5. The Bertz CT molecular complexity index is 668. The number of nitrogens with zero attached hydrogens (tertiary/aromatic N) is 1. The third-order valence-electron chi connectivity index (χ3n) is 2.38. The first-order valence-corrected chi connectivity index (χ1v) is 7.65. The molecule has 0 saturated heterocycles. The first-order valence-electron chi connectivity index (χ1n) is 5.40. The molecule has 0 atom stereocenters. The molecule has 20 heavy (non-hydrogen) atoms. The molecule has 104 valence electrons. The molecule has 0 aliphatic heterocycles. The fraction of sp³-hybridized carbons (Fsp3) is 0. The van der Waals surface area contributed by atoms with Gasteiger partial charge in [-0.05, 0) is 68.9 Å². The van der Waals surface area contributed by atoms with Crippen LogP contribution < -0.4 is 16.6 Å². The second-order valence-corrected chi connectivity index (χ2v) is 6.19. The van der Waals surface area contributed by atoms with Crippen LogP contribution in [0.15, 0.2) is 34.8 Å². The maximum Gasteiger partial charge on any atom is 0.255 e. The van der Waals surface area contributed by atoms with Crippen LogP contribution in [0.4, 0.5) is 11.5 Å². The van der Waals surface area contributed by atoms with E-state index >= 15 is 0 Å². The molecule has 1 amide bonds. The van der Waals surface area contributed by atoms with Crippen LogP contribution in [0.3, 0.4) is 0 Å². The molecule has 2 rings (SSSR count). The summed E-state index contributed by atoms with van der Waals surface area (Å²) in [6, 6.07) is 8.51. The first-order chi connectivity index (χ1) is 9.49. The van der Waals surface area contributed by atoms with Crippen LogP contribution >= 0.6 is 50.1 Å². The number of hydrazine groups is 1. The number of anilines is 2. The number of halogens is 3. The molecule has 0 aliphatic rings. The van der Waals surface area contributed by atoms with E-state index in [-0.39, 0.29) is 11.1 Å². The molecule has 1 heterocycles. The van der Waals surface area contributed by atoms with Crippen LogP contribution in [-0.4, -0.2) is 10.9 Å². The molecule has 4 N–H and O–H groups in total. The lowest BCUT2D eigenvalue weighted by Gasteiger charge is -2.08. The van der Waals surface area contributed by atoms with Gasteiger partial charge in [-0.15, -0.1) is 0 Å². The van der Waals surface area contributed by atoms with Gasteiger partial charge in [0.1, 0.15) is 11.0 Å². The third kappa shape index (κ3) is 3.81. The molecule has 0 radical (unpaired) electrons. The second kappa shape index (κ2) is 6.70. The minimum atomic E-state index is -0.288. The molecular weight excluding hydrogens is 458 g/mol. The van der Waals surface area contributed by atoms with E-state index < -0.39 is 0 Å². The Morgan fingerprint density at radius 2 is 2.10 bits per heavy atom. The van der Waals surface area contributed by atoms with E-state index in [4.69, 9.17) is 17.4 Å². The lowest BCUT2D eigenvalue weighted by molar-refractivity contribution is 0.102. The Kier molecular flexibility index (Phi) is 5.19. The van der Waals surface area contributed by atoms with Gasteiger partial charge < -0.3 is 10.7 Å². The Labute approximate surface area is 142 Å². The van der Waals surface area contributed by atoms with Gasteiger partial charge in [0.2, 0.25) is 0 Å². The summed E-state index contributed by atoms with van der Waals surface area (Å²) in [5.41, 5.74) is 3.42. The standard InChI is InChI=1S/C12H9BrClIN4O/c13-8-2-1-7(5-9(8)15)17-12(20)6-3-10(14)18-11(4-6)19-16/h1-5H,16H2,(H,17,20)(H,18,19). The number of nitrogen functional groups attached to an aromatic ring is 1. The topological polar surface area (TPSA) is 80.0 Å². The molecule has 1 aromatic heterocycles. The van der Waals surface area contributed by atoms with Crippen LogP contribution in [0.5, 0.6) is 0 Å². The highest BCUT2D eigenvalue weighted by Gasteiger charge is 2.10. The number of pyridine rings is 1. The summed E-state index contributed by atoms with van der Waals surface area (Å²) in [4.78, 5) is 16.1. The average Bonchev–Trinajstić information content (AvgIpc) is 2.42. The molecule has 8 heteroatoms. The zero-order valence-electron chi connectivity index (χ0n) is 9.95. The Morgan fingerprint density at radius 3 is 2.75 bits per heavy atom. The lowest BCUT2D eigenvalue weighted by Crippen LogP contribution is -2.14. The smallest absolute Gasteiger partial charge is 0.255 e. The third-order valence-corrected chi connectivity index (χ3v) is 4.90. The van der Waals surface area contributed by atoms with Gasteiger partial charge >= 0.3 is 0 Å². The van der Waals surface area contributed by atoms with Gasteiger partial charge in [0.15, 0.2) is 0 Å². The zero-order valence-corrected chi connectivity index (χ0v) is 14.5. The van der Waals surface area contributed by atoms with Crippen molar-refractivity contribution in [1.29, 1.82) is 0 Å². The van der Waals surface area contributed by atoms with Gasteiger partial charge in [0.25, 0.3) is 5.91 Å². The largest absolute Gasteiger partial charge is 0.322 e. The fourth-order valence-corrected chi connectivity index (χ4v) is 2.45. The molecule has 0 spiro atoms. The van der Waals surface area contributed by atoms with Crippen molar-refractivity contribution in [1.82, 2.24) is 4.98 Å². The van der Waals surface area contributed by atoms with Crippen molar-refractivity contribution in [3.8, 4) is 0 Å². The van der Waals surface area contributed by atoms with E-state index in [0.29, 0.717) is 17.1 Å². The Hall–Kier alpha value is -0.900. The molecular formula is C12H9BrClIN4O. The summed E-state index contributed by atoms with van der Waals surface area (Å²) in [6.45, 7) is 0. The summed E-state index contributed by atoms with van der Waals surface area (Å²) in [5.74, 6) is 5.31. The predicted octanol–water partition coefficient (Wildman–Crippen LogP) is 3.64. The van der Waals surface area contributed by atoms with Gasteiger partial charge in [0, 0.05) is 19.3 Å². The average molecular weight is 467 g/mol. The van der Waals surface area contributed by atoms with Crippen LogP contribution in [0, 0.1) is 3.57 Å². The van der Waals surface area contributed by atoms with Gasteiger partial charge in [-0.2, -0.15) is 0 Å². The van der Waals surface area contributed by atoms with Crippen molar-refractivity contribution < 1.29 is 4.79 Å². The van der Waals surface area contributed by atoms with Crippen LogP contribution in [-0.2, 0) is 0 Å². The summed E-state index contributed by atoms with van der Waals surface area (Å²) in [7, 11) is 0. The van der Waals surface area contributed by atoms with Crippen LogP contribution in [0.1, 0.15) is 10.4 Å². The quantitative estimate of drug-likeness (QED) is 0.279. The van der Waals surface area contributed by atoms with Crippen molar-refractivity contribution in [2.24, 2.45) is 5.84 Å². The minimum Gasteiger partial charge on any atom is -0.322 e. The monoisotopic (exact) mass is 466 g/mol. The molecule has 0 unspecified atom stereocenters. The van der Waals surface area contributed by atoms with E-state index in [1.54, 1.807) is 6.07 Å². The summed E-state index contributed by atoms with van der Waals surface area (Å²) >= 11 is 11.4. The molecule has 0 saturated carbocycles. The van der Waals surface area contributed by atoms with Crippen LogP contribution in [0.25, 0.3) is 0 Å². The van der Waals surface area contributed by atoms with E-state index in [1.807, 2.05) is 12.1 Å². The highest BCUT2D eigenvalue weighted by molar-refractivity contribution is 14.1. The SMILES string of the molecule is NNc1cc(C(=O)Nc2ccc(Br)c(I)c2)cc(Cl)n1. The number of aromatic nitrogens is 1. The number of amides is 1. The Morgan fingerprint density at radius 1 is 1.35 bits per heavy atom. The molecule has 0 bridgehead atoms. The van der Waals surface area contributed by atoms with E-state index in [1.165, 1.54) is 12.1 Å². The number of rotatable bonds is 3. The number of nitrogens with two attached hydrogens (primary N) is 1. The number of hydrogen-bond acceptors (Lipinski definition) is 4. The molecule has 5 nitrogen and oxygen atoms in total. The zero-order chi connectivity index (χ0) is 14.7. The summed E-state index contributed by atoms with van der Waals surface area (Å²) in [6.07, 6.45) is 0. The van der Waals surface area contributed by atoms with Crippen molar-refractivity contribution in [3.05, 3.63) is 49.1 Å². The van der Waals surface area contributed by atoms with Crippen molar-refractivity contribution >= 4 is 67.5 Å². The van der Waals surface area contributed by atoms with Crippen LogP contribution in [0.2, 0.25) is 5.15 Å². The molecule has 0 fully saturated rings. The molecule has 2 aromatic rings. The molecule has 1 aromatic carbocycles. The number of nitrogens with one attached hydrogen (secondary N) is 2. The minimum absolute atomic E-state index is 0.191. The van der Waals surface area contributed by atoms with Gasteiger partial charge in [-0.25, -0.2) is 10.8 Å². The van der Waals surface area contributed by atoms with Crippen molar-refractivity contribution in [2.45, 2.75) is 0 Å².